The third kappa shape index (κ3) is 3.26. The van der Waals surface area contributed by atoms with E-state index in [0.717, 1.165) is 16.7 Å². The van der Waals surface area contributed by atoms with Crippen molar-refractivity contribution in [3.05, 3.63) is 30.0 Å². The molecule has 2 aromatic rings. The Labute approximate surface area is 146 Å². The van der Waals surface area contributed by atoms with Gasteiger partial charge in [0, 0.05) is 44.1 Å². The number of aryl methyl sites for hydroxylation is 1. The lowest BCUT2D eigenvalue weighted by atomic mass is 10.2. The average Bonchev–Trinajstić information content (AvgIpc) is 2.97. The molecule has 0 saturated carbocycles. The fourth-order valence-corrected chi connectivity index (χ4v) is 3.13. The molecule has 3 rings (SSSR count). The van der Waals surface area contributed by atoms with E-state index in [1.54, 1.807) is 23.8 Å². The number of piperazine rings is 1. The fourth-order valence-electron chi connectivity index (χ4n) is 3.13. The van der Waals surface area contributed by atoms with E-state index in [0.29, 0.717) is 38.5 Å². The second kappa shape index (κ2) is 7.04. The van der Waals surface area contributed by atoms with Gasteiger partial charge >= 0.3 is 6.09 Å². The molecule has 2 amide bonds. The zero-order chi connectivity index (χ0) is 18.0. The number of ether oxygens (including phenoxy) is 2. The molecule has 7 nitrogen and oxygen atoms in total. The normalized spacial score (nSPS) is 14.7. The van der Waals surface area contributed by atoms with Gasteiger partial charge in [0.1, 0.15) is 11.4 Å². The minimum absolute atomic E-state index is 0.0267. The third-order valence-electron chi connectivity index (χ3n) is 4.56. The molecule has 0 N–H and O–H groups in total. The van der Waals surface area contributed by atoms with E-state index in [4.69, 9.17) is 9.47 Å². The van der Waals surface area contributed by atoms with Crippen LogP contribution < -0.4 is 4.74 Å². The monoisotopic (exact) mass is 345 g/mol. The number of benzene rings is 1. The molecule has 0 radical (unpaired) electrons. The summed E-state index contributed by atoms with van der Waals surface area (Å²) in [4.78, 5) is 28.1. The van der Waals surface area contributed by atoms with Crippen molar-refractivity contribution in [3.8, 4) is 5.75 Å². The number of rotatable bonds is 3. The van der Waals surface area contributed by atoms with Crippen LogP contribution in [0.3, 0.4) is 0 Å². The molecule has 0 bridgehead atoms. The predicted octanol–water partition coefficient (Wildman–Crippen LogP) is 2.10. The Morgan fingerprint density at radius 1 is 1.08 bits per heavy atom. The number of hydrogen-bond donors (Lipinski definition) is 0. The van der Waals surface area contributed by atoms with Crippen LogP contribution in [-0.4, -0.2) is 66.3 Å². The van der Waals surface area contributed by atoms with Gasteiger partial charge in [-0.05, 0) is 31.2 Å². The summed E-state index contributed by atoms with van der Waals surface area (Å²) in [6, 6.07) is 7.64. The molecule has 25 heavy (non-hydrogen) atoms. The minimum Gasteiger partial charge on any atom is -0.497 e. The van der Waals surface area contributed by atoms with Gasteiger partial charge in [-0.15, -0.1) is 0 Å². The molecule has 7 heteroatoms. The molecule has 2 heterocycles. The number of carbonyl (C=O) groups is 2. The van der Waals surface area contributed by atoms with Crippen molar-refractivity contribution >= 4 is 22.9 Å². The summed E-state index contributed by atoms with van der Waals surface area (Å²) in [6.45, 7) is 4.12. The average molecular weight is 345 g/mol. The van der Waals surface area contributed by atoms with Crippen LogP contribution in [0.15, 0.2) is 24.3 Å². The van der Waals surface area contributed by atoms with E-state index in [9.17, 15) is 9.59 Å². The van der Waals surface area contributed by atoms with Crippen LogP contribution in [0.2, 0.25) is 0 Å². The number of aromatic nitrogens is 1. The minimum atomic E-state index is -0.314. The summed E-state index contributed by atoms with van der Waals surface area (Å²) >= 11 is 0. The first-order chi connectivity index (χ1) is 12.0. The second-order valence-corrected chi connectivity index (χ2v) is 5.99. The molecule has 1 aromatic heterocycles. The molecule has 1 fully saturated rings. The third-order valence-corrected chi connectivity index (χ3v) is 4.56. The molecular formula is C18H23N3O4. The first-order valence-electron chi connectivity index (χ1n) is 8.39. The fraction of sp³-hybridized carbons (Fsp3) is 0.444. The van der Waals surface area contributed by atoms with Crippen LogP contribution in [0.5, 0.6) is 5.75 Å². The predicted molar refractivity (Wildman–Crippen MR) is 94.0 cm³/mol. The highest BCUT2D eigenvalue weighted by atomic mass is 16.6. The Kier molecular flexibility index (Phi) is 4.83. The molecule has 0 unspecified atom stereocenters. The number of fused-ring (bicyclic) bond motifs is 1. The Morgan fingerprint density at radius 2 is 1.76 bits per heavy atom. The van der Waals surface area contributed by atoms with E-state index >= 15 is 0 Å². The van der Waals surface area contributed by atoms with Crippen LogP contribution in [0.1, 0.15) is 17.4 Å². The van der Waals surface area contributed by atoms with Crippen LogP contribution in [0.4, 0.5) is 4.79 Å². The van der Waals surface area contributed by atoms with Gasteiger partial charge in [0.15, 0.2) is 0 Å². The van der Waals surface area contributed by atoms with Crippen molar-refractivity contribution in [3.63, 3.8) is 0 Å². The van der Waals surface area contributed by atoms with Crippen molar-refractivity contribution in [1.82, 2.24) is 14.4 Å². The highest BCUT2D eigenvalue weighted by Crippen LogP contribution is 2.24. The van der Waals surface area contributed by atoms with E-state index in [1.807, 2.05) is 35.9 Å². The zero-order valence-corrected chi connectivity index (χ0v) is 14.8. The second-order valence-electron chi connectivity index (χ2n) is 5.99. The van der Waals surface area contributed by atoms with Crippen molar-refractivity contribution in [2.75, 3.05) is 39.9 Å². The summed E-state index contributed by atoms with van der Waals surface area (Å²) in [7, 11) is 3.51. The van der Waals surface area contributed by atoms with Gasteiger partial charge in [0.2, 0.25) is 0 Å². The lowest BCUT2D eigenvalue weighted by Gasteiger charge is -2.34. The maximum Gasteiger partial charge on any atom is 0.409 e. The summed E-state index contributed by atoms with van der Waals surface area (Å²) in [5.74, 6) is 0.737. The van der Waals surface area contributed by atoms with Gasteiger partial charge in [0.05, 0.1) is 13.7 Å². The molecule has 0 aliphatic carbocycles. The number of hydrogen-bond acceptors (Lipinski definition) is 4. The van der Waals surface area contributed by atoms with Crippen LogP contribution >= 0.6 is 0 Å². The SMILES string of the molecule is CCOC(=O)N1CCN(C(=O)c2cc3cc(OC)ccc3n2C)CC1. The zero-order valence-electron chi connectivity index (χ0n) is 14.8. The smallest absolute Gasteiger partial charge is 0.409 e. The van der Waals surface area contributed by atoms with Gasteiger partial charge in [-0.3, -0.25) is 4.79 Å². The molecule has 1 aliphatic heterocycles. The van der Waals surface area contributed by atoms with Gasteiger partial charge in [-0.2, -0.15) is 0 Å². The van der Waals surface area contributed by atoms with Gasteiger partial charge in [0.25, 0.3) is 5.91 Å². The first-order valence-corrected chi connectivity index (χ1v) is 8.39. The molecule has 1 aromatic carbocycles. The first kappa shape index (κ1) is 17.1. The lowest BCUT2D eigenvalue weighted by Crippen LogP contribution is -2.51. The molecular weight excluding hydrogens is 322 g/mol. The van der Waals surface area contributed by atoms with Gasteiger partial charge in [-0.25, -0.2) is 4.79 Å². The Morgan fingerprint density at radius 3 is 2.40 bits per heavy atom. The van der Waals surface area contributed by atoms with Crippen molar-refractivity contribution in [2.24, 2.45) is 7.05 Å². The Bertz CT molecular complexity index is 791. The summed E-state index contributed by atoms with van der Waals surface area (Å²) in [6.07, 6.45) is -0.314. The van der Waals surface area contributed by atoms with Crippen LogP contribution in [-0.2, 0) is 11.8 Å². The quantitative estimate of drug-likeness (QED) is 0.855. The largest absolute Gasteiger partial charge is 0.497 e. The van der Waals surface area contributed by atoms with Gasteiger partial charge in [-0.1, -0.05) is 0 Å². The highest BCUT2D eigenvalue weighted by Gasteiger charge is 2.27. The summed E-state index contributed by atoms with van der Waals surface area (Å²) < 4.78 is 12.2. The van der Waals surface area contributed by atoms with Crippen molar-refractivity contribution in [2.45, 2.75) is 6.92 Å². The Hall–Kier alpha value is -2.70. The molecule has 0 atom stereocenters. The maximum absolute atomic E-state index is 12.9. The summed E-state index contributed by atoms with van der Waals surface area (Å²) in [5.41, 5.74) is 1.61. The standard InChI is InChI=1S/C18H23N3O4/c1-4-25-18(23)21-9-7-20(8-10-21)17(22)16-12-13-11-14(24-3)5-6-15(13)19(16)2/h5-6,11-12H,4,7-10H2,1-3H3. The van der Waals surface area contributed by atoms with E-state index < -0.39 is 0 Å². The van der Waals surface area contributed by atoms with E-state index in [1.165, 1.54) is 0 Å². The van der Waals surface area contributed by atoms with Crippen molar-refractivity contribution in [1.29, 1.82) is 0 Å². The van der Waals surface area contributed by atoms with Crippen LogP contribution in [0, 0.1) is 0 Å². The highest BCUT2D eigenvalue weighted by molar-refractivity contribution is 5.99. The van der Waals surface area contributed by atoms with E-state index in [2.05, 4.69) is 0 Å². The molecule has 1 saturated heterocycles. The van der Waals surface area contributed by atoms with E-state index in [-0.39, 0.29) is 12.0 Å². The topological polar surface area (TPSA) is 64.0 Å². The van der Waals surface area contributed by atoms with Crippen molar-refractivity contribution < 1.29 is 19.1 Å². The molecule has 0 spiro atoms. The van der Waals surface area contributed by atoms with Gasteiger partial charge < -0.3 is 23.8 Å². The number of methoxy groups -OCH3 is 1. The number of nitrogens with zero attached hydrogens (tertiary/aromatic N) is 3. The van der Waals surface area contributed by atoms with Crippen LogP contribution in [0.25, 0.3) is 10.9 Å². The number of amides is 2. The summed E-state index contributed by atoms with van der Waals surface area (Å²) in [5, 5.41) is 0.968. The lowest BCUT2D eigenvalue weighted by molar-refractivity contribution is 0.0563. The molecule has 1 aliphatic rings. The Balaban J connectivity index is 1.75. The maximum atomic E-state index is 12.9. The number of carbonyl (C=O) groups excluding carboxylic acids is 2. The molecule has 134 valence electrons.